The van der Waals surface area contributed by atoms with E-state index < -0.39 is 5.97 Å². The lowest BCUT2D eigenvalue weighted by Gasteiger charge is -2.01. The van der Waals surface area contributed by atoms with Crippen LogP contribution in [-0.2, 0) is 17.9 Å². The molecule has 0 saturated heterocycles. The number of hydrogen-bond donors (Lipinski definition) is 0. The van der Waals surface area contributed by atoms with Gasteiger partial charge in [0.25, 0.3) is 0 Å². The maximum atomic E-state index is 12.0. The summed E-state index contributed by atoms with van der Waals surface area (Å²) < 4.78 is 11.9. The molecule has 112 valence electrons. The van der Waals surface area contributed by atoms with Crippen molar-refractivity contribution in [3.05, 3.63) is 71.4 Å². The summed E-state index contributed by atoms with van der Waals surface area (Å²) >= 11 is 0. The van der Waals surface area contributed by atoms with Crippen LogP contribution in [0.5, 0.6) is 0 Å². The van der Waals surface area contributed by atoms with E-state index in [1.54, 1.807) is 16.9 Å². The van der Waals surface area contributed by atoms with Crippen LogP contribution >= 0.6 is 0 Å². The summed E-state index contributed by atoms with van der Waals surface area (Å²) in [6.45, 7) is 2.47. The van der Waals surface area contributed by atoms with Gasteiger partial charge in [0.1, 0.15) is 0 Å². The Morgan fingerprint density at radius 3 is 2.86 bits per heavy atom. The highest BCUT2D eigenvalue weighted by atomic mass is 16.5. The van der Waals surface area contributed by atoms with E-state index in [0.717, 1.165) is 11.3 Å². The van der Waals surface area contributed by atoms with Crippen LogP contribution in [0.15, 0.2) is 53.3 Å². The predicted molar refractivity (Wildman–Crippen MR) is 78.1 cm³/mol. The van der Waals surface area contributed by atoms with Gasteiger partial charge in [0.2, 0.25) is 0 Å². The maximum Gasteiger partial charge on any atom is 0.341 e. The number of carbonyl (C=O) groups excluding carboxylic acids is 1. The molecular weight excluding hydrogens is 282 g/mol. The Kier molecular flexibility index (Phi) is 4.00. The Morgan fingerprint density at radius 1 is 1.32 bits per heavy atom. The number of rotatable bonds is 5. The Balaban J connectivity index is 1.59. The molecule has 3 rings (SSSR count). The second-order valence-electron chi connectivity index (χ2n) is 4.92. The smallest absolute Gasteiger partial charge is 0.341 e. The molecule has 6 nitrogen and oxygen atoms in total. The predicted octanol–water partition coefficient (Wildman–Crippen LogP) is 2.58. The number of esters is 1. The van der Waals surface area contributed by atoms with Crippen LogP contribution in [-0.4, -0.2) is 20.9 Å². The Bertz CT molecular complexity index is 762. The summed E-state index contributed by atoms with van der Waals surface area (Å²) in [4.78, 5) is 12.0. The molecule has 0 spiro atoms. The highest BCUT2D eigenvalue weighted by Crippen LogP contribution is 2.08. The zero-order valence-corrected chi connectivity index (χ0v) is 12.1. The summed E-state index contributed by atoms with van der Waals surface area (Å²) in [6, 6.07) is 11.6. The van der Waals surface area contributed by atoms with Gasteiger partial charge < -0.3 is 9.26 Å². The number of carbonyl (C=O) groups is 1. The van der Waals surface area contributed by atoms with Crippen molar-refractivity contribution in [1.29, 1.82) is 0 Å². The molecule has 0 radical (unpaired) electrons. The second kappa shape index (κ2) is 6.26. The minimum Gasteiger partial charge on any atom is -0.454 e. The van der Waals surface area contributed by atoms with Gasteiger partial charge in [-0.3, -0.25) is 4.68 Å². The topological polar surface area (TPSA) is 70.2 Å². The van der Waals surface area contributed by atoms with E-state index in [1.165, 1.54) is 6.20 Å². The van der Waals surface area contributed by atoms with Crippen LogP contribution < -0.4 is 0 Å². The first-order valence-electron chi connectivity index (χ1n) is 6.86. The molecule has 0 bridgehead atoms. The van der Waals surface area contributed by atoms with Crippen LogP contribution in [0.25, 0.3) is 0 Å². The van der Waals surface area contributed by atoms with Gasteiger partial charge in [0.15, 0.2) is 12.4 Å². The summed E-state index contributed by atoms with van der Waals surface area (Å²) in [5, 5.41) is 7.91. The number of aromatic nitrogens is 3. The molecule has 6 heteroatoms. The van der Waals surface area contributed by atoms with E-state index in [0.29, 0.717) is 17.9 Å². The normalized spacial score (nSPS) is 10.6. The molecule has 1 aromatic carbocycles. The van der Waals surface area contributed by atoms with Crippen LogP contribution in [0.3, 0.4) is 0 Å². The first-order valence-corrected chi connectivity index (χ1v) is 6.86. The maximum absolute atomic E-state index is 12.0. The van der Waals surface area contributed by atoms with E-state index in [4.69, 9.17) is 9.26 Å². The van der Waals surface area contributed by atoms with Crippen molar-refractivity contribution in [2.24, 2.45) is 0 Å². The number of aryl methyl sites for hydroxylation is 1. The quantitative estimate of drug-likeness (QED) is 0.677. The van der Waals surface area contributed by atoms with E-state index in [2.05, 4.69) is 10.3 Å². The van der Waals surface area contributed by atoms with Crippen molar-refractivity contribution in [2.45, 2.75) is 20.1 Å². The third-order valence-corrected chi connectivity index (χ3v) is 3.08. The van der Waals surface area contributed by atoms with Gasteiger partial charge in [-0.15, -0.1) is 0 Å². The highest BCUT2D eigenvalue weighted by molar-refractivity contribution is 5.88. The molecule has 0 fully saturated rings. The zero-order chi connectivity index (χ0) is 15.4. The van der Waals surface area contributed by atoms with E-state index in [-0.39, 0.29) is 6.61 Å². The highest BCUT2D eigenvalue weighted by Gasteiger charge is 2.12. The third-order valence-electron chi connectivity index (χ3n) is 3.08. The lowest BCUT2D eigenvalue weighted by Crippen LogP contribution is -2.04. The number of ether oxygens (including phenoxy) is 1. The van der Waals surface area contributed by atoms with Crippen LogP contribution in [0.2, 0.25) is 0 Å². The second-order valence-corrected chi connectivity index (χ2v) is 4.92. The largest absolute Gasteiger partial charge is 0.454 e. The monoisotopic (exact) mass is 297 g/mol. The van der Waals surface area contributed by atoms with Crippen molar-refractivity contribution in [2.75, 3.05) is 0 Å². The lowest BCUT2D eigenvalue weighted by atomic mass is 10.2. The van der Waals surface area contributed by atoms with Gasteiger partial charge in [-0.1, -0.05) is 35.5 Å². The molecular formula is C16H15N3O3. The average molecular weight is 297 g/mol. The van der Waals surface area contributed by atoms with Crippen molar-refractivity contribution in [3.63, 3.8) is 0 Å². The lowest BCUT2D eigenvalue weighted by molar-refractivity contribution is 0.0437. The molecule has 0 aliphatic carbocycles. The standard InChI is InChI=1S/C16H15N3O3/c1-12-7-15(22-18-12)11-21-16(20)14-8-17-19(10-14)9-13-5-3-2-4-6-13/h2-8,10H,9,11H2,1H3. The summed E-state index contributed by atoms with van der Waals surface area (Å²) in [7, 11) is 0. The summed E-state index contributed by atoms with van der Waals surface area (Å²) in [6.07, 6.45) is 3.16. The minimum absolute atomic E-state index is 0.0591. The molecule has 0 amide bonds. The Labute approximate surface area is 127 Å². The number of benzene rings is 1. The third kappa shape index (κ3) is 3.41. The summed E-state index contributed by atoms with van der Waals surface area (Å²) in [5.41, 5.74) is 2.27. The Morgan fingerprint density at radius 2 is 2.14 bits per heavy atom. The molecule has 2 heterocycles. The Hall–Kier alpha value is -2.89. The van der Waals surface area contributed by atoms with Crippen molar-refractivity contribution < 1.29 is 14.1 Å². The summed E-state index contributed by atoms with van der Waals surface area (Å²) in [5.74, 6) is 0.0795. The van der Waals surface area contributed by atoms with Crippen molar-refractivity contribution >= 4 is 5.97 Å². The van der Waals surface area contributed by atoms with E-state index in [1.807, 2.05) is 37.3 Å². The molecule has 0 atom stereocenters. The molecule has 0 aliphatic heterocycles. The van der Waals surface area contributed by atoms with Gasteiger partial charge >= 0.3 is 5.97 Å². The molecule has 0 N–H and O–H groups in total. The van der Waals surface area contributed by atoms with Crippen LogP contribution in [0, 0.1) is 6.92 Å². The minimum atomic E-state index is -0.437. The SMILES string of the molecule is Cc1cc(COC(=O)c2cnn(Cc3ccccc3)c2)on1. The van der Waals surface area contributed by atoms with Crippen LogP contribution in [0.1, 0.15) is 27.4 Å². The molecule has 2 aromatic heterocycles. The molecule has 0 aliphatic rings. The molecule has 3 aromatic rings. The van der Waals surface area contributed by atoms with E-state index in [9.17, 15) is 4.79 Å². The molecule has 22 heavy (non-hydrogen) atoms. The molecule has 0 saturated carbocycles. The van der Waals surface area contributed by atoms with Gasteiger partial charge in [0.05, 0.1) is 24.0 Å². The number of hydrogen-bond acceptors (Lipinski definition) is 5. The van der Waals surface area contributed by atoms with Gasteiger partial charge in [-0.25, -0.2) is 4.79 Å². The van der Waals surface area contributed by atoms with Crippen LogP contribution in [0.4, 0.5) is 0 Å². The van der Waals surface area contributed by atoms with Crippen molar-refractivity contribution in [1.82, 2.24) is 14.9 Å². The van der Waals surface area contributed by atoms with Gasteiger partial charge in [0, 0.05) is 12.3 Å². The number of nitrogens with zero attached hydrogens (tertiary/aromatic N) is 3. The van der Waals surface area contributed by atoms with Crippen molar-refractivity contribution in [3.8, 4) is 0 Å². The first-order chi connectivity index (χ1) is 10.7. The first kappa shape index (κ1) is 14.1. The van der Waals surface area contributed by atoms with Gasteiger partial charge in [-0.05, 0) is 12.5 Å². The fourth-order valence-electron chi connectivity index (χ4n) is 2.03. The van der Waals surface area contributed by atoms with E-state index >= 15 is 0 Å². The molecule has 0 unspecified atom stereocenters. The average Bonchev–Trinajstić information content (AvgIpc) is 3.15. The van der Waals surface area contributed by atoms with Gasteiger partial charge in [-0.2, -0.15) is 5.10 Å². The zero-order valence-electron chi connectivity index (χ0n) is 12.1. The fraction of sp³-hybridized carbons (Fsp3) is 0.188. The fourth-order valence-corrected chi connectivity index (χ4v) is 2.03.